The van der Waals surface area contributed by atoms with Crippen molar-refractivity contribution in [3.8, 4) is 0 Å². The summed E-state index contributed by atoms with van der Waals surface area (Å²) in [7, 11) is 0. The molecule has 2 saturated heterocycles. The van der Waals surface area contributed by atoms with Crippen molar-refractivity contribution in [1.82, 2.24) is 10.2 Å². The molecule has 1 N–H and O–H groups in total. The third kappa shape index (κ3) is 3.65. The summed E-state index contributed by atoms with van der Waals surface area (Å²) < 4.78 is 13.2. The number of para-hydroxylation sites is 1. The first-order valence-electron chi connectivity index (χ1n) is 9.17. The van der Waals surface area contributed by atoms with Gasteiger partial charge in [0.15, 0.2) is 0 Å². The van der Waals surface area contributed by atoms with Crippen molar-refractivity contribution < 1.29 is 14.0 Å². The van der Waals surface area contributed by atoms with Crippen LogP contribution in [0.25, 0.3) is 0 Å². The molecule has 27 heavy (non-hydrogen) atoms. The molecule has 6 heteroatoms. The Labute approximate surface area is 157 Å². The van der Waals surface area contributed by atoms with E-state index in [1.54, 1.807) is 17.0 Å². The predicted octanol–water partition coefficient (Wildman–Crippen LogP) is 3.16. The Bertz CT molecular complexity index is 858. The topological polar surface area (TPSA) is 52.7 Å². The van der Waals surface area contributed by atoms with Gasteiger partial charge in [-0.15, -0.1) is 0 Å². The van der Waals surface area contributed by atoms with Gasteiger partial charge in [0.05, 0.1) is 0 Å². The van der Waals surface area contributed by atoms with Crippen LogP contribution in [0.3, 0.4) is 0 Å². The van der Waals surface area contributed by atoms with Crippen molar-refractivity contribution in [2.75, 3.05) is 24.5 Å². The van der Waals surface area contributed by atoms with Gasteiger partial charge in [-0.3, -0.25) is 4.79 Å². The number of likely N-dealkylation sites (tertiary alicyclic amines) is 1. The van der Waals surface area contributed by atoms with Crippen molar-refractivity contribution in [2.24, 2.45) is 5.41 Å². The number of nitrogens with zero attached hydrogens (tertiary/aromatic N) is 2. The quantitative estimate of drug-likeness (QED) is 0.906. The zero-order chi connectivity index (χ0) is 18.9. The highest BCUT2D eigenvalue weighted by atomic mass is 19.1. The van der Waals surface area contributed by atoms with E-state index in [2.05, 4.69) is 5.32 Å². The Morgan fingerprint density at radius 2 is 1.93 bits per heavy atom. The third-order valence-electron chi connectivity index (χ3n) is 5.45. The van der Waals surface area contributed by atoms with E-state index in [0.29, 0.717) is 26.1 Å². The van der Waals surface area contributed by atoms with Gasteiger partial charge in [0.25, 0.3) is 0 Å². The van der Waals surface area contributed by atoms with Crippen molar-refractivity contribution in [2.45, 2.75) is 19.4 Å². The maximum Gasteiger partial charge on any atom is 0.317 e. The SMILES string of the molecule is O=C(NCc1cccc(F)c1)N1CC[C@@]2(CC(=O)N(c3ccccc3)C2)C1. The van der Waals surface area contributed by atoms with Crippen molar-refractivity contribution in [3.05, 3.63) is 66.0 Å². The van der Waals surface area contributed by atoms with Crippen LogP contribution >= 0.6 is 0 Å². The number of halogens is 1. The number of benzene rings is 2. The van der Waals surface area contributed by atoms with E-state index in [-0.39, 0.29) is 29.7 Å². The van der Waals surface area contributed by atoms with Crippen molar-refractivity contribution in [1.29, 1.82) is 0 Å². The lowest BCUT2D eigenvalue weighted by Crippen LogP contribution is -2.40. The minimum Gasteiger partial charge on any atom is -0.334 e. The second-order valence-electron chi connectivity index (χ2n) is 7.45. The molecule has 140 valence electrons. The molecule has 0 radical (unpaired) electrons. The first-order valence-corrected chi connectivity index (χ1v) is 9.17. The molecule has 2 fully saturated rings. The van der Waals surface area contributed by atoms with Gasteiger partial charge in [0.1, 0.15) is 5.82 Å². The third-order valence-corrected chi connectivity index (χ3v) is 5.45. The average molecular weight is 367 g/mol. The number of carbonyl (C=O) groups is 2. The minimum atomic E-state index is -0.313. The van der Waals surface area contributed by atoms with Gasteiger partial charge in [-0.1, -0.05) is 30.3 Å². The summed E-state index contributed by atoms with van der Waals surface area (Å²) in [5.41, 5.74) is 1.46. The van der Waals surface area contributed by atoms with Gasteiger partial charge < -0.3 is 15.1 Å². The fraction of sp³-hybridized carbons (Fsp3) is 0.333. The second-order valence-corrected chi connectivity index (χ2v) is 7.45. The molecule has 0 unspecified atom stereocenters. The molecule has 4 rings (SSSR count). The summed E-state index contributed by atoms with van der Waals surface area (Å²) in [5.74, 6) is -0.199. The molecular formula is C21H22FN3O2. The number of rotatable bonds is 3. The number of anilines is 1. The lowest BCUT2D eigenvalue weighted by Gasteiger charge is -2.24. The Morgan fingerprint density at radius 3 is 2.70 bits per heavy atom. The maximum absolute atomic E-state index is 13.2. The van der Waals surface area contributed by atoms with E-state index in [9.17, 15) is 14.0 Å². The molecule has 2 heterocycles. The lowest BCUT2D eigenvalue weighted by molar-refractivity contribution is -0.117. The van der Waals surface area contributed by atoms with Gasteiger partial charge >= 0.3 is 6.03 Å². The molecule has 1 atom stereocenters. The smallest absolute Gasteiger partial charge is 0.317 e. The summed E-state index contributed by atoms with van der Waals surface area (Å²) in [6.07, 6.45) is 1.28. The highest BCUT2D eigenvalue weighted by Crippen LogP contribution is 2.41. The van der Waals surface area contributed by atoms with E-state index in [4.69, 9.17) is 0 Å². The van der Waals surface area contributed by atoms with Crippen LogP contribution in [0, 0.1) is 11.2 Å². The van der Waals surface area contributed by atoms with Crippen molar-refractivity contribution >= 4 is 17.6 Å². The van der Waals surface area contributed by atoms with Crippen LogP contribution < -0.4 is 10.2 Å². The molecule has 0 aliphatic carbocycles. The van der Waals surface area contributed by atoms with Gasteiger partial charge in [-0.05, 0) is 36.2 Å². The molecule has 5 nitrogen and oxygen atoms in total. The molecule has 2 aromatic carbocycles. The molecule has 3 amide bonds. The van der Waals surface area contributed by atoms with Crippen LogP contribution in [0.2, 0.25) is 0 Å². The monoisotopic (exact) mass is 367 g/mol. The summed E-state index contributed by atoms with van der Waals surface area (Å²) >= 11 is 0. The maximum atomic E-state index is 13.2. The number of nitrogens with one attached hydrogen (secondary N) is 1. The van der Waals surface area contributed by atoms with Gasteiger partial charge in [0.2, 0.25) is 5.91 Å². The zero-order valence-corrected chi connectivity index (χ0v) is 15.0. The Balaban J connectivity index is 1.37. The van der Waals surface area contributed by atoms with Crippen molar-refractivity contribution in [3.63, 3.8) is 0 Å². The molecule has 1 spiro atoms. The highest BCUT2D eigenvalue weighted by molar-refractivity contribution is 5.96. The van der Waals surface area contributed by atoms with Crippen LogP contribution in [-0.2, 0) is 11.3 Å². The molecule has 2 aliphatic rings. The molecule has 0 saturated carbocycles. The van der Waals surface area contributed by atoms with E-state index in [0.717, 1.165) is 17.7 Å². The number of hydrogen-bond donors (Lipinski definition) is 1. The zero-order valence-electron chi connectivity index (χ0n) is 15.0. The van der Waals surface area contributed by atoms with Gasteiger partial charge in [-0.25, -0.2) is 9.18 Å². The van der Waals surface area contributed by atoms with Crippen LogP contribution in [0.1, 0.15) is 18.4 Å². The Morgan fingerprint density at radius 1 is 1.11 bits per heavy atom. The van der Waals surface area contributed by atoms with E-state index < -0.39 is 0 Å². The number of carbonyl (C=O) groups excluding carboxylic acids is 2. The van der Waals surface area contributed by atoms with Gasteiger partial charge in [0, 0.05) is 43.7 Å². The average Bonchev–Trinajstić information content (AvgIpc) is 3.23. The normalized spacial score (nSPS) is 21.9. The lowest BCUT2D eigenvalue weighted by atomic mass is 9.86. The first-order chi connectivity index (χ1) is 13.0. The summed E-state index contributed by atoms with van der Waals surface area (Å²) in [6.45, 7) is 2.13. The fourth-order valence-corrected chi connectivity index (χ4v) is 4.06. The van der Waals surface area contributed by atoms with Crippen LogP contribution in [-0.4, -0.2) is 36.5 Å². The largest absolute Gasteiger partial charge is 0.334 e. The standard InChI is InChI=1S/C21H22FN3O2/c22-17-6-4-5-16(11-17)13-23-20(27)24-10-9-21(14-24)12-19(26)25(15-21)18-7-2-1-3-8-18/h1-8,11H,9-10,12-15H2,(H,23,27)/t21-/m1/s1. The second kappa shape index (κ2) is 7.02. The molecule has 2 aliphatic heterocycles. The summed E-state index contributed by atoms with van der Waals surface area (Å²) in [6, 6.07) is 15.7. The minimum absolute atomic E-state index is 0.114. The van der Waals surface area contributed by atoms with Crippen LogP contribution in [0.5, 0.6) is 0 Å². The fourth-order valence-electron chi connectivity index (χ4n) is 4.06. The number of hydrogen-bond acceptors (Lipinski definition) is 2. The molecular weight excluding hydrogens is 345 g/mol. The van der Waals surface area contributed by atoms with Crippen LogP contribution in [0.15, 0.2) is 54.6 Å². The molecule has 2 aromatic rings. The Kier molecular flexibility index (Phi) is 4.56. The summed E-state index contributed by atoms with van der Waals surface area (Å²) in [5, 5.41) is 2.85. The van der Waals surface area contributed by atoms with Crippen LogP contribution in [0.4, 0.5) is 14.9 Å². The van der Waals surface area contributed by atoms with E-state index in [1.165, 1.54) is 12.1 Å². The first kappa shape index (κ1) is 17.5. The van der Waals surface area contributed by atoms with Gasteiger partial charge in [-0.2, -0.15) is 0 Å². The molecule has 0 bridgehead atoms. The highest BCUT2D eigenvalue weighted by Gasteiger charge is 2.48. The predicted molar refractivity (Wildman–Crippen MR) is 101 cm³/mol. The Hall–Kier alpha value is -2.89. The number of amides is 3. The molecule has 0 aromatic heterocycles. The summed E-state index contributed by atoms with van der Waals surface area (Å²) in [4.78, 5) is 28.6. The number of urea groups is 1. The van der Waals surface area contributed by atoms with E-state index in [1.807, 2.05) is 35.2 Å². The van der Waals surface area contributed by atoms with E-state index >= 15 is 0 Å².